The summed E-state index contributed by atoms with van der Waals surface area (Å²) in [6.45, 7) is 0. The van der Waals surface area contributed by atoms with E-state index in [9.17, 15) is 0 Å². The van der Waals surface area contributed by atoms with Gasteiger partial charge in [-0.1, -0.05) is 158 Å². The molecule has 9 aromatic rings. The number of hydrogen-bond donors (Lipinski definition) is 0. The summed E-state index contributed by atoms with van der Waals surface area (Å²) >= 11 is 0. The minimum atomic E-state index is 1.11. The third kappa shape index (κ3) is 5.42. The Kier molecular flexibility index (Phi) is 7.22. The standard InChI is InChI=1S/C48H33N/c1-4-12-34(13-5-1)39-22-23-41-31-42(27-25-40(41)30-39)49(43-26-24-38-21-20-37-18-10-11-19-45(37)48(38)32-43)44-28-29-46(35-14-6-2-7-15-35)47(33-44)36-16-8-3-9-17-36/h1-33H. The second-order valence-electron chi connectivity index (χ2n) is 12.6. The molecule has 0 bridgehead atoms. The molecule has 0 saturated heterocycles. The van der Waals surface area contributed by atoms with E-state index in [0.29, 0.717) is 0 Å². The summed E-state index contributed by atoms with van der Waals surface area (Å²) in [6, 6.07) is 72.6. The molecule has 0 aliphatic rings. The summed E-state index contributed by atoms with van der Waals surface area (Å²) in [7, 11) is 0. The van der Waals surface area contributed by atoms with Crippen LogP contribution in [0.2, 0.25) is 0 Å². The molecule has 9 aromatic carbocycles. The Balaban J connectivity index is 1.26. The zero-order valence-corrected chi connectivity index (χ0v) is 27.0. The first kappa shape index (κ1) is 28.8. The Morgan fingerprint density at radius 1 is 0.245 bits per heavy atom. The average Bonchev–Trinajstić information content (AvgIpc) is 3.18. The Labute approximate surface area is 287 Å². The van der Waals surface area contributed by atoms with Crippen LogP contribution >= 0.6 is 0 Å². The van der Waals surface area contributed by atoms with Crippen molar-refractivity contribution in [1.82, 2.24) is 0 Å². The van der Waals surface area contributed by atoms with E-state index in [-0.39, 0.29) is 0 Å². The molecule has 0 spiro atoms. The van der Waals surface area contributed by atoms with Crippen LogP contribution in [0.25, 0.3) is 65.7 Å². The molecule has 9 rings (SSSR count). The van der Waals surface area contributed by atoms with Gasteiger partial charge in [0, 0.05) is 17.1 Å². The molecule has 0 aliphatic heterocycles. The number of anilines is 3. The molecular formula is C48H33N. The van der Waals surface area contributed by atoms with E-state index >= 15 is 0 Å². The normalized spacial score (nSPS) is 11.3. The molecule has 0 fully saturated rings. The first-order valence-electron chi connectivity index (χ1n) is 16.8. The number of hydrogen-bond acceptors (Lipinski definition) is 1. The van der Waals surface area contributed by atoms with Gasteiger partial charge in [0.05, 0.1) is 0 Å². The molecule has 49 heavy (non-hydrogen) atoms. The van der Waals surface area contributed by atoms with Crippen molar-refractivity contribution in [2.45, 2.75) is 0 Å². The van der Waals surface area contributed by atoms with Crippen LogP contribution in [0, 0.1) is 0 Å². The van der Waals surface area contributed by atoms with Crippen molar-refractivity contribution >= 4 is 49.4 Å². The molecule has 0 saturated carbocycles. The maximum absolute atomic E-state index is 2.41. The maximum Gasteiger partial charge on any atom is 0.0468 e. The molecule has 0 radical (unpaired) electrons. The molecule has 0 N–H and O–H groups in total. The fraction of sp³-hybridized carbons (Fsp3) is 0. The largest absolute Gasteiger partial charge is 0.310 e. The van der Waals surface area contributed by atoms with Gasteiger partial charge in [0.25, 0.3) is 0 Å². The lowest BCUT2D eigenvalue weighted by Gasteiger charge is -2.27. The minimum absolute atomic E-state index is 1.11. The first-order chi connectivity index (χ1) is 24.3. The van der Waals surface area contributed by atoms with Gasteiger partial charge in [0.15, 0.2) is 0 Å². The molecule has 1 heteroatoms. The van der Waals surface area contributed by atoms with E-state index in [1.54, 1.807) is 0 Å². The van der Waals surface area contributed by atoms with Crippen molar-refractivity contribution in [1.29, 1.82) is 0 Å². The highest BCUT2D eigenvalue weighted by Crippen LogP contribution is 2.43. The van der Waals surface area contributed by atoms with Crippen molar-refractivity contribution < 1.29 is 0 Å². The number of rotatable bonds is 6. The van der Waals surface area contributed by atoms with Gasteiger partial charge in [0.1, 0.15) is 0 Å². The summed E-state index contributed by atoms with van der Waals surface area (Å²) in [5.41, 5.74) is 10.6. The van der Waals surface area contributed by atoms with Crippen LogP contribution in [-0.2, 0) is 0 Å². The van der Waals surface area contributed by atoms with E-state index in [0.717, 1.165) is 17.1 Å². The number of fused-ring (bicyclic) bond motifs is 4. The Morgan fingerprint density at radius 2 is 0.735 bits per heavy atom. The van der Waals surface area contributed by atoms with Gasteiger partial charge in [-0.25, -0.2) is 0 Å². The Hall–Kier alpha value is -6.44. The van der Waals surface area contributed by atoms with Crippen molar-refractivity contribution in [2.24, 2.45) is 0 Å². The van der Waals surface area contributed by atoms with Gasteiger partial charge >= 0.3 is 0 Å². The molecule has 0 aliphatic carbocycles. The van der Waals surface area contributed by atoms with Crippen LogP contribution < -0.4 is 4.90 Å². The lowest BCUT2D eigenvalue weighted by atomic mass is 9.93. The molecule has 0 heterocycles. The lowest BCUT2D eigenvalue weighted by Crippen LogP contribution is -2.10. The zero-order chi connectivity index (χ0) is 32.6. The first-order valence-corrected chi connectivity index (χ1v) is 16.8. The van der Waals surface area contributed by atoms with Gasteiger partial charge < -0.3 is 4.90 Å². The van der Waals surface area contributed by atoms with Crippen LogP contribution in [-0.4, -0.2) is 0 Å². The number of nitrogens with zero attached hydrogens (tertiary/aromatic N) is 1. The van der Waals surface area contributed by atoms with E-state index in [4.69, 9.17) is 0 Å². The number of benzene rings is 9. The topological polar surface area (TPSA) is 3.24 Å². The maximum atomic E-state index is 2.41. The monoisotopic (exact) mass is 623 g/mol. The Morgan fingerprint density at radius 3 is 1.47 bits per heavy atom. The summed E-state index contributed by atoms with van der Waals surface area (Å²) in [5.74, 6) is 0. The lowest BCUT2D eigenvalue weighted by molar-refractivity contribution is 1.29. The third-order valence-electron chi connectivity index (χ3n) is 9.61. The molecule has 0 unspecified atom stereocenters. The molecule has 0 atom stereocenters. The zero-order valence-electron chi connectivity index (χ0n) is 27.0. The summed E-state index contributed by atoms with van der Waals surface area (Å²) in [6.07, 6.45) is 0. The van der Waals surface area contributed by atoms with Gasteiger partial charge in [-0.2, -0.15) is 0 Å². The fourth-order valence-corrected chi connectivity index (χ4v) is 7.16. The summed E-state index contributed by atoms with van der Waals surface area (Å²) < 4.78 is 0. The predicted molar refractivity (Wildman–Crippen MR) is 210 cm³/mol. The van der Waals surface area contributed by atoms with E-state index in [1.165, 1.54) is 65.7 Å². The molecular weight excluding hydrogens is 591 g/mol. The Bertz CT molecular complexity index is 2590. The van der Waals surface area contributed by atoms with Crippen LogP contribution in [0.1, 0.15) is 0 Å². The smallest absolute Gasteiger partial charge is 0.0468 e. The quantitative estimate of drug-likeness (QED) is 0.167. The fourth-order valence-electron chi connectivity index (χ4n) is 7.16. The van der Waals surface area contributed by atoms with Crippen LogP contribution in [0.15, 0.2) is 200 Å². The van der Waals surface area contributed by atoms with Crippen LogP contribution in [0.4, 0.5) is 17.1 Å². The second kappa shape index (κ2) is 12.3. The van der Waals surface area contributed by atoms with E-state index in [1.807, 2.05) is 0 Å². The molecule has 0 aromatic heterocycles. The summed E-state index contributed by atoms with van der Waals surface area (Å²) in [4.78, 5) is 2.41. The van der Waals surface area contributed by atoms with Crippen molar-refractivity contribution in [3.63, 3.8) is 0 Å². The predicted octanol–water partition coefficient (Wildman–Crippen LogP) is 13.6. The third-order valence-corrected chi connectivity index (χ3v) is 9.61. The SMILES string of the molecule is c1ccc(-c2ccc3cc(N(c4ccc(-c5ccccc5)c(-c5ccccc5)c4)c4ccc5ccc6ccccc6c5c4)ccc3c2)cc1. The van der Waals surface area contributed by atoms with E-state index < -0.39 is 0 Å². The second-order valence-corrected chi connectivity index (χ2v) is 12.6. The highest BCUT2D eigenvalue weighted by molar-refractivity contribution is 6.09. The molecule has 230 valence electrons. The van der Waals surface area contributed by atoms with Gasteiger partial charge in [-0.15, -0.1) is 0 Å². The average molecular weight is 624 g/mol. The van der Waals surface area contributed by atoms with Crippen LogP contribution in [0.5, 0.6) is 0 Å². The van der Waals surface area contributed by atoms with Gasteiger partial charge in [-0.05, 0) is 108 Å². The van der Waals surface area contributed by atoms with Crippen LogP contribution in [0.3, 0.4) is 0 Å². The minimum Gasteiger partial charge on any atom is -0.310 e. The van der Waals surface area contributed by atoms with Crippen molar-refractivity contribution in [3.8, 4) is 33.4 Å². The van der Waals surface area contributed by atoms with Crippen molar-refractivity contribution in [3.05, 3.63) is 200 Å². The highest BCUT2D eigenvalue weighted by Gasteiger charge is 2.18. The van der Waals surface area contributed by atoms with Gasteiger partial charge in [0.2, 0.25) is 0 Å². The van der Waals surface area contributed by atoms with E-state index in [2.05, 4.69) is 205 Å². The molecule has 0 amide bonds. The van der Waals surface area contributed by atoms with Gasteiger partial charge in [-0.3, -0.25) is 0 Å². The van der Waals surface area contributed by atoms with Crippen molar-refractivity contribution in [2.75, 3.05) is 4.90 Å². The molecule has 1 nitrogen and oxygen atoms in total. The highest BCUT2D eigenvalue weighted by atomic mass is 15.1. The summed E-state index contributed by atoms with van der Waals surface area (Å²) in [5, 5.41) is 7.42.